The van der Waals surface area contributed by atoms with Crippen LogP contribution in [0.1, 0.15) is 33.1 Å². The fourth-order valence-corrected chi connectivity index (χ4v) is 1.70. The Morgan fingerprint density at radius 1 is 1.54 bits per heavy atom. The van der Waals surface area contributed by atoms with E-state index in [0.29, 0.717) is 6.61 Å². The Bertz CT molecular complexity index is 172. The average molecular weight is 185 g/mol. The lowest BCUT2D eigenvalue weighted by molar-refractivity contribution is -0.154. The number of hydrogen-bond acceptors (Lipinski definition) is 3. The first-order valence-corrected chi connectivity index (χ1v) is 5.07. The molecular formula is C10H19NO2. The zero-order chi connectivity index (χ0) is 9.73. The van der Waals surface area contributed by atoms with Crippen LogP contribution in [-0.4, -0.2) is 25.7 Å². The molecule has 0 aromatic carbocycles. The molecule has 1 N–H and O–H groups in total. The van der Waals surface area contributed by atoms with Gasteiger partial charge in [-0.3, -0.25) is 4.79 Å². The van der Waals surface area contributed by atoms with Crippen molar-refractivity contribution in [2.75, 3.05) is 19.7 Å². The lowest BCUT2D eigenvalue weighted by atomic mass is 9.86. The van der Waals surface area contributed by atoms with Crippen LogP contribution < -0.4 is 5.32 Å². The quantitative estimate of drug-likeness (QED) is 0.660. The fourth-order valence-electron chi connectivity index (χ4n) is 1.70. The first kappa shape index (κ1) is 10.5. The van der Waals surface area contributed by atoms with E-state index in [1.54, 1.807) is 0 Å². The third-order valence-electron chi connectivity index (χ3n) is 2.62. The van der Waals surface area contributed by atoms with E-state index in [2.05, 4.69) is 5.32 Å². The second-order valence-corrected chi connectivity index (χ2v) is 3.92. The van der Waals surface area contributed by atoms with Crippen molar-refractivity contribution in [3.8, 4) is 0 Å². The molecule has 1 aliphatic rings. The Balaban J connectivity index is 2.55. The molecule has 0 aliphatic carbocycles. The van der Waals surface area contributed by atoms with E-state index in [4.69, 9.17) is 4.74 Å². The van der Waals surface area contributed by atoms with Gasteiger partial charge >= 0.3 is 5.97 Å². The van der Waals surface area contributed by atoms with Gasteiger partial charge < -0.3 is 10.1 Å². The van der Waals surface area contributed by atoms with Gasteiger partial charge in [-0.05, 0) is 33.2 Å². The maximum absolute atomic E-state index is 11.6. The zero-order valence-corrected chi connectivity index (χ0v) is 8.56. The third-order valence-corrected chi connectivity index (χ3v) is 2.62. The Kier molecular flexibility index (Phi) is 3.72. The van der Waals surface area contributed by atoms with Crippen molar-refractivity contribution in [3.63, 3.8) is 0 Å². The van der Waals surface area contributed by atoms with E-state index in [-0.39, 0.29) is 11.4 Å². The lowest BCUT2D eigenvalue weighted by Crippen LogP contribution is -2.38. The molecule has 1 saturated heterocycles. The summed E-state index contributed by atoms with van der Waals surface area (Å²) < 4.78 is 5.06. The molecule has 76 valence electrons. The summed E-state index contributed by atoms with van der Waals surface area (Å²) in [5.41, 5.74) is -0.299. The molecule has 0 unspecified atom stereocenters. The molecule has 1 rings (SSSR count). The monoisotopic (exact) mass is 185 g/mol. The summed E-state index contributed by atoms with van der Waals surface area (Å²) in [5.74, 6) is -0.0515. The summed E-state index contributed by atoms with van der Waals surface area (Å²) in [6.07, 6.45) is 3.22. The third kappa shape index (κ3) is 2.69. The van der Waals surface area contributed by atoms with Crippen LogP contribution in [0.25, 0.3) is 0 Å². The summed E-state index contributed by atoms with van der Waals surface area (Å²) in [7, 11) is 0. The van der Waals surface area contributed by atoms with Gasteiger partial charge in [-0.25, -0.2) is 0 Å². The Morgan fingerprint density at radius 3 is 3.00 bits per heavy atom. The van der Waals surface area contributed by atoms with E-state index in [1.165, 1.54) is 0 Å². The van der Waals surface area contributed by atoms with Gasteiger partial charge in [0.05, 0.1) is 12.0 Å². The van der Waals surface area contributed by atoms with Gasteiger partial charge in [0.25, 0.3) is 0 Å². The number of rotatable bonds is 2. The van der Waals surface area contributed by atoms with Crippen molar-refractivity contribution in [2.24, 2.45) is 5.41 Å². The summed E-state index contributed by atoms with van der Waals surface area (Å²) >= 11 is 0. The molecule has 1 aliphatic heterocycles. The lowest BCUT2D eigenvalue weighted by Gasteiger charge is -2.25. The van der Waals surface area contributed by atoms with Gasteiger partial charge in [-0.15, -0.1) is 0 Å². The van der Waals surface area contributed by atoms with Gasteiger partial charge in [0, 0.05) is 6.54 Å². The van der Waals surface area contributed by atoms with Crippen LogP contribution in [0.15, 0.2) is 0 Å². The molecule has 0 bridgehead atoms. The van der Waals surface area contributed by atoms with Crippen molar-refractivity contribution in [1.29, 1.82) is 0 Å². The second-order valence-electron chi connectivity index (χ2n) is 3.92. The predicted molar refractivity (Wildman–Crippen MR) is 51.5 cm³/mol. The number of esters is 1. The minimum atomic E-state index is -0.299. The topological polar surface area (TPSA) is 38.3 Å². The Labute approximate surface area is 79.8 Å². The van der Waals surface area contributed by atoms with Crippen molar-refractivity contribution < 1.29 is 9.53 Å². The first-order chi connectivity index (χ1) is 6.19. The summed E-state index contributed by atoms with van der Waals surface area (Å²) in [6, 6.07) is 0. The van der Waals surface area contributed by atoms with E-state index in [1.807, 2.05) is 13.8 Å². The predicted octanol–water partition coefficient (Wildman–Crippen LogP) is 1.33. The average Bonchev–Trinajstić information content (AvgIpc) is 2.32. The zero-order valence-electron chi connectivity index (χ0n) is 8.56. The SMILES string of the molecule is CCOC(=O)[C@]1(C)CCCCNC1. The highest BCUT2D eigenvalue weighted by atomic mass is 16.5. The summed E-state index contributed by atoms with van der Waals surface area (Å²) in [4.78, 5) is 11.6. The van der Waals surface area contributed by atoms with Crippen molar-refractivity contribution in [1.82, 2.24) is 5.32 Å². The Morgan fingerprint density at radius 2 is 2.31 bits per heavy atom. The molecule has 3 heteroatoms. The van der Waals surface area contributed by atoms with E-state index < -0.39 is 0 Å². The van der Waals surface area contributed by atoms with Gasteiger partial charge in [0.1, 0.15) is 0 Å². The molecule has 1 fully saturated rings. The van der Waals surface area contributed by atoms with Crippen molar-refractivity contribution in [3.05, 3.63) is 0 Å². The number of hydrogen-bond donors (Lipinski definition) is 1. The van der Waals surface area contributed by atoms with Crippen LogP contribution in [0.2, 0.25) is 0 Å². The van der Waals surface area contributed by atoms with Crippen molar-refractivity contribution >= 4 is 5.97 Å². The standard InChI is InChI=1S/C10H19NO2/c1-3-13-9(12)10(2)6-4-5-7-11-8-10/h11H,3-8H2,1-2H3/t10-/m1/s1. The highest BCUT2D eigenvalue weighted by Gasteiger charge is 2.34. The number of carbonyl (C=O) groups excluding carboxylic acids is 1. The molecule has 3 nitrogen and oxygen atoms in total. The second kappa shape index (κ2) is 4.61. The van der Waals surface area contributed by atoms with Gasteiger partial charge in [0.15, 0.2) is 0 Å². The smallest absolute Gasteiger partial charge is 0.313 e. The number of nitrogens with one attached hydrogen (secondary N) is 1. The summed E-state index contributed by atoms with van der Waals surface area (Å²) in [6.45, 7) is 6.10. The fraction of sp³-hybridized carbons (Fsp3) is 0.900. The van der Waals surface area contributed by atoms with Crippen LogP contribution in [0.5, 0.6) is 0 Å². The van der Waals surface area contributed by atoms with Crippen LogP contribution in [-0.2, 0) is 9.53 Å². The number of carbonyl (C=O) groups is 1. The molecule has 0 saturated carbocycles. The Hall–Kier alpha value is -0.570. The molecule has 0 spiro atoms. The van der Waals surface area contributed by atoms with Crippen molar-refractivity contribution in [2.45, 2.75) is 33.1 Å². The molecule has 1 heterocycles. The van der Waals surface area contributed by atoms with E-state index >= 15 is 0 Å². The van der Waals surface area contributed by atoms with Crippen LogP contribution in [0, 0.1) is 5.41 Å². The molecule has 0 aromatic rings. The van der Waals surface area contributed by atoms with Crippen LogP contribution in [0.4, 0.5) is 0 Å². The maximum atomic E-state index is 11.6. The minimum absolute atomic E-state index is 0.0515. The number of ether oxygens (including phenoxy) is 1. The summed E-state index contributed by atoms with van der Waals surface area (Å²) in [5, 5.41) is 3.28. The van der Waals surface area contributed by atoms with Crippen LogP contribution in [0.3, 0.4) is 0 Å². The van der Waals surface area contributed by atoms with E-state index in [0.717, 1.165) is 32.4 Å². The normalized spacial score (nSPS) is 29.4. The molecule has 0 amide bonds. The highest BCUT2D eigenvalue weighted by Crippen LogP contribution is 2.26. The van der Waals surface area contributed by atoms with Crippen LogP contribution >= 0.6 is 0 Å². The highest BCUT2D eigenvalue weighted by molar-refractivity contribution is 5.76. The molecule has 13 heavy (non-hydrogen) atoms. The van der Waals surface area contributed by atoms with Gasteiger partial charge in [-0.2, -0.15) is 0 Å². The molecule has 1 atom stereocenters. The first-order valence-electron chi connectivity index (χ1n) is 5.07. The largest absolute Gasteiger partial charge is 0.466 e. The van der Waals surface area contributed by atoms with E-state index in [9.17, 15) is 4.79 Å². The molecular weight excluding hydrogens is 166 g/mol. The minimum Gasteiger partial charge on any atom is -0.466 e. The van der Waals surface area contributed by atoms with Gasteiger partial charge in [0.2, 0.25) is 0 Å². The molecule has 0 aromatic heterocycles. The molecule has 0 radical (unpaired) electrons. The van der Waals surface area contributed by atoms with Gasteiger partial charge in [-0.1, -0.05) is 6.42 Å². The maximum Gasteiger partial charge on any atom is 0.313 e.